The fourth-order valence-corrected chi connectivity index (χ4v) is 7.65. The van der Waals surface area contributed by atoms with E-state index in [4.69, 9.17) is 47.4 Å². The summed E-state index contributed by atoms with van der Waals surface area (Å²) in [6.45, 7) is 0.833. The van der Waals surface area contributed by atoms with Gasteiger partial charge in [-0.25, -0.2) is 4.79 Å². The number of hydrogen-bond acceptors (Lipinski definition) is 12. The SMILES string of the molecule is CO[C@H]1O[C@@H]2COC(c3ccccc3)O[C@H]2[C@H](O[C@H]2O[C@H](COCc3ccccc3)[C@@H](OCc3ccccc3)[C@H](OCc3ccccc3)[C@@H]2OC(=O)c2ccccc2)[C@H]1O. The Morgan fingerprint density at radius 1 is 0.617 bits per heavy atom. The van der Waals surface area contributed by atoms with Crippen molar-refractivity contribution in [2.45, 2.75) is 87.5 Å². The lowest BCUT2D eigenvalue weighted by Crippen LogP contribution is -2.67. The number of benzene rings is 5. The molecule has 314 valence electrons. The van der Waals surface area contributed by atoms with E-state index in [1.54, 1.807) is 24.3 Å². The quantitative estimate of drug-likeness (QED) is 0.108. The van der Waals surface area contributed by atoms with Crippen LogP contribution in [0.5, 0.6) is 0 Å². The minimum atomic E-state index is -1.36. The van der Waals surface area contributed by atoms with Crippen molar-refractivity contribution in [1.29, 1.82) is 0 Å². The highest BCUT2D eigenvalue weighted by Crippen LogP contribution is 2.39. The third kappa shape index (κ3) is 10.4. The number of carbonyl (C=O) groups is 1. The van der Waals surface area contributed by atoms with Gasteiger partial charge in [-0.3, -0.25) is 0 Å². The van der Waals surface area contributed by atoms with Crippen LogP contribution in [0.25, 0.3) is 0 Å². The van der Waals surface area contributed by atoms with Crippen LogP contribution in [0.2, 0.25) is 0 Å². The molecule has 3 fully saturated rings. The molecular formula is C48H50O12. The zero-order valence-corrected chi connectivity index (χ0v) is 33.3. The fraction of sp³-hybridized carbons (Fsp3) is 0.354. The van der Waals surface area contributed by atoms with Crippen LogP contribution in [0, 0.1) is 0 Å². The van der Waals surface area contributed by atoms with E-state index in [9.17, 15) is 9.90 Å². The molecule has 1 N–H and O–H groups in total. The third-order valence-corrected chi connectivity index (χ3v) is 10.7. The van der Waals surface area contributed by atoms with Gasteiger partial charge >= 0.3 is 5.97 Å². The van der Waals surface area contributed by atoms with E-state index in [0.717, 1.165) is 22.3 Å². The van der Waals surface area contributed by atoms with Crippen molar-refractivity contribution in [3.05, 3.63) is 179 Å². The van der Waals surface area contributed by atoms with Gasteiger partial charge in [-0.1, -0.05) is 140 Å². The smallest absolute Gasteiger partial charge is 0.338 e. The molecule has 0 aliphatic carbocycles. The first kappa shape index (κ1) is 41.9. The lowest BCUT2D eigenvalue weighted by molar-refractivity contribution is -0.393. The summed E-state index contributed by atoms with van der Waals surface area (Å²) >= 11 is 0. The first-order chi connectivity index (χ1) is 29.5. The minimum absolute atomic E-state index is 0.0578. The van der Waals surface area contributed by atoms with Crippen molar-refractivity contribution in [3.63, 3.8) is 0 Å². The maximum atomic E-state index is 14.1. The van der Waals surface area contributed by atoms with E-state index < -0.39 is 73.7 Å². The Bertz CT molecular complexity index is 2030. The first-order valence-corrected chi connectivity index (χ1v) is 20.2. The summed E-state index contributed by atoms with van der Waals surface area (Å²) in [7, 11) is 1.44. The molecule has 12 nitrogen and oxygen atoms in total. The topological polar surface area (TPSA) is 130 Å². The molecule has 5 aromatic rings. The molecular weight excluding hydrogens is 769 g/mol. The maximum Gasteiger partial charge on any atom is 0.338 e. The highest BCUT2D eigenvalue weighted by atomic mass is 16.8. The van der Waals surface area contributed by atoms with Gasteiger partial charge in [0, 0.05) is 12.7 Å². The predicted octanol–water partition coefficient (Wildman–Crippen LogP) is 6.56. The summed E-state index contributed by atoms with van der Waals surface area (Å²) in [5.74, 6) is -0.627. The number of fused-ring (bicyclic) bond motifs is 1. The van der Waals surface area contributed by atoms with Gasteiger partial charge in [-0.15, -0.1) is 0 Å². The molecule has 60 heavy (non-hydrogen) atoms. The van der Waals surface area contributed by atoms with Crippen molar-refractivity contribution in [3.8, 4) is 0 Å². The van der Waals surface area contributed by atoms with Crippen molar-refractivity contribution in [1.82, 2.24) is 0 Å². The van der Waals surface area contributed by atoms with Crippen molar-refractivity contribution in [2.75, 3.05) is 20.3 Å². The summed E-state index contributed by atoms with van der Waals surface area (Å²) in [5.41, 5.74) is 3.89. The van der Waals surface area contributed by atoms with Crippen molar-refractivity contribution in [2.24, 2.45) is 0 Å². The molecule has 3 heterocycles. The molecule has 11 atom stereocenters. The van der Waals surface area contributed by atoms with Crippen molar-refractivity contribution < 1.29 is 57.3 Å². The fourth-order valence-electron chi connectivity index (χ4n) is 7.65. The molecule has 1 unspecified atom stereocenters. The lowest BCUT2D eigenvalue weighted by Gasteiger charge is -2.50. The van der Waals surface area contributed by atoms with E-state index in [1.807, 2.05) is 127 Å². The average molecular weight is 819 g/mol. The number of methoxy groups -OCH3 is 1. The van der Waals surface area contributed by atoms with E-state index in [2.05, 4.69) is 0 Å². The number of ether oxygens (including phenoxy) is 10. The first-order valence-electron chi connectivity index (χ1n) is 20.2. The second-order valence-electron chi connectivity index (χ2n) is 14.8. The Labute approximate surface area is 349 Å². The Morgan fingerprint density at radius 2 is 1.17 bits per heavy atom. The lowest BCUT2D eigenvalue weighted by atomic mass is 9.95. The summed E-state index contributed by atoms with van der Waals surface area (Å²) in [6.07, 6.45) is -11.1. The normalized spacial score (nSPS) is 29.0. The van der Waals surface area contributed by atoms with Gasteiger partial charge in [-0.05, 0) is 28.8 Å². The van der Waals surface area contributed by atoms with E-state index in [-0.39, 0.29) is 26.4 Å². The Hall–Kier alpha value is -4.83. The van der Waals surface area contributed by atoms with Crippen LogP contribution in [0.3, 0.4) is 0 Å². The van der Waals surface area contributed by atoms with Crippen LogP contribution in [0.15, 0.2) is 152 Å². The molecule has 0 aromatic heterocycles. The highest BCUT2D eigenvalue weighted by molar-refractivity contribution is 5.89. The molecule has 0 amide bonds. The zero-order chi connectivity index (χ0) is 41.1. The number of rotatable bonds is 16. The second-order valence-corrected chi connectivity index (χ2v) is 14.8. The van der Waals surface area contributed by atoms with Crippen LogP contribution in [-0.2, 0) is 67.2 Å². The molecule has 0 spiro atoms. The number of carbonyl (C=O) groups excluding carboxylic acids is 1. The highest BCUT2D eigenvalue weighted by Gasteiger charge is 2.56. The van der Waals surface area contributed by atoms with Crippen molar-refractivity contribution >= 4 is 5.97 Å². The van der Waals surface area contributed by atoms with Crippen LogP contribution >= 0.6 is 0 Å². The van der Waals surface area contributed by atoms with Gasteiger partial charge in [0.2, 0.25) is 0 Å². The van der Waals surface area contributed by atoms with Crippen LogP contribution in [0.4, 0.5) is 0 Å². The molecule has 8 rings (SSSR count). The van der Waals surface area contributed by atoms with Gasteiger partial charge < -0.3 is 52.5 Å². The van der Waals surface area contributed by atoms with Crippen LogP contribution in [0.1, 0.15) is 38.9 Å². The van der Waals surface area contributed by atoms with Crippen LogP contribution < -0.4 is 0 Å². The monoisotopic (exact) mass is 818 g/mol. The van der Waals surface area contributed by atoms with E-state index in [0.29, 0.717) is 12.2 Å². The number of esters is 1. The molecule has 5 aromatic carbocycles. The van der Waals surface area contributed by atoms with E-state index >= 15 is 0 Å². The number of hydrogen-bond donors (Lipinski definition) is 1. The van der Waals surface area contributed by atoms with Gasteiger partial charge in [0.15, 0.2) is 25.0 Å². The van der Waals surface area contributed by atoms with E-state index in [1.165, 1.54) is 7.11 Å². The molecule has 12 heteroatoms. The summed E-state index contributed by atoms with van der Waals surface area (Å²) in [4.78, 5) is 14.1. The number of aliphatic hydroxyl groups excluding tert-OH is 1. The minimum Gasteiger partial charge on any atom is -0.450 e. The van der Waals surface area contributed by atoms with Gasteiger partial charge in [0.05, 0.1) is 38.6 Å². The predicted molar refractivity (Wildman–Crippen MR) is 217 cm³/mol. The average Bonchev–Trinajstić information content (AvgIpc) is 3.30. The largest absolute Gasteiger partial charge is 0.450 e. The molecule has 0 radical (unpaired) electrons. The second kappa shape index (κ2) is 20.6. The zero-order valence-electron chi connectivity index (χ0n) is 33.3. The maximum absolute atomic E-state index is 14.1. The molecule has 0 bridgehead atoms. The Balaban J connectivity index is 1.16. The molecule has 0 saturated carbocycles. The number of aliphatic hydroxyl groups is 1. The summed E-state index contributed by atoms with van der Waals surface area (Å²) in [6, 6.07) is 47.4. The summed E-state index contributed by atoms with van der Waals surface area (Å²) < 4.78 is 64.4. The molecule has 3 aliphatic heterocycles. The Morgan fingerprint density at radius 3 is 1.77 bits per heavy atom. The van der Waals surface area contributed by atoms with Crippen LogP contribution in [-0.4, -0.2) is 92.8 Å². The molecule has 3 saturated heterocycles. The summed E-state index contributed by atoms with van der Waals surface area (Å²) in [5, 5.41) is 11.9. The third-order valence-electron chi connectivity index (χ3n) is 10.7. The molecule has 3 aliphatic rings. The van der Waals surface area contributed by atoms with Gasteiger partial charge in [0.25, 0.3) is 0 Å². The Kier molecular flexibility index (Phi) is 14.4. The van der Waals surface area contributed by atoms with Gasteiger partial charge in [0.1, 0.15) is 42.7 Å². The standard InChI is InChI=1S/C48H50O12/c1-51-47-39(49)42(41-38(56-47)31-55-46(59-41)36-25-15-6-16-26-36)60-48-44(58-45(50)35-23-13-5-14-24-35)43(54-29-34-21-11-4-12-22-34)40(53-28-33-19-9-3-10-20-33)37(57-48)30-52-27-32-17-7-2-8-18-32/h2-26,37-44,46-49H,27-31H2,1H3/t37-,38-,39-,40-,41-,42-,43+,44+,46?,47+,48-/m1/s1. The van der Waals surface area contributed by atoms with Gasteiger partial charge in [-0.2, -0.15) is 0 Å².